The van der Waals surface area contributed by atoms with Gasteiger partial charge in [0.25, 0.3) is 0 Å². The van der Waals surface area contributed by atoms with Crippen molar-refractivity contribution in [1.82, 2.24) is 5.32 Å². The lowest BCUT2D eigenvalue weighted by Crippen LogP contribution is -2.17. The number of ether oxygens (including phenoxy) is 1. The lowest BCUT2D eigenvalue weighted by molar-refractivity contribution is 0.410. The van der Waals surface area contributed by atoms with Crippen LogP contribution in [0.2, 0.25) is 0 Å². The van der Waals surface area contributed by atoms with E-state index >= 15 is 0 Å². The third-order valence-electron chi connectivity index (χ3n) is 3.08. The summed E-state index contributed by atoms with van der Waals surface area (Å²) in [4.78, 5) is 0. The Morgan fingerprint density at radius 1 is 1.28 bits per heavy atom. The summed E-state index contributed by atoms with van der Waals surface area (Å²) in [6, 6.07) is 4.17. The van der Waals surface area contributed by atoms with Crippen LogP contribution in [0.5, 0.6) is 5.75 Å². The number of furan rings is 1. The number of rotatable bonds is 6. The third-order valence-corrected chi connectivity index (χ3v) is 3.08. The molecule has 0 aliphatic rings. The summed E-state index contributed by atoms with van der Waals surface area (Å²) in [5, 5.41) is 4.58. The molecule has 2 aromatic rings. The molecule has 2 rings (SSSR count). The molecule has 0 spiro atoms. The number of hydrogen-bond donors (Lipinski definition) is 1. The summed E-state index contributed by atoms with van der Waals surface area (Å²) in [5.74, 6) is 0.817. The summed E-state index contributed by atoms with van der Waals surface area (Å²) < 4.78 is 11.0. The second-order valence-electron chi connectivity index (χ2n) is 4.60. The molecule has 0 atom stereocenters. The Kier molecular flexibility index (Phi) is 4.26. The predicted molar refractivity (Wildman–Crippen MR) is 74.4 cm³/mol. The van der Waals surface area contributed by atoms with E-state index in [0.29, 0.717) is 0 Å². The monoisotopic (exact) mass is 247 g/mol. The average molecular weight is 247 g/mol. The molecule has 1 N–H and O–H groups in total. The minimum atomic E-state index is 0.817. The van der Waals surface area contributed by atoms with E-state index in [4.69, 9.17) is 9.15 Å². The zero-order valence-corrected chi connectivity index (χ0v) is 11.4. The fraction of sp³-hybridized carbons (Fsp3) is 0.467. The first kappa shape index (κ1) is 13.0. The second-order valence-corrected chi connectivity index (χ2v) is 4.60. The quantitative estimate of drug-likeness (QED) is 0.795. The number of aryl methyl sites for hydroxylation is 1. The molecule has 0 bridgehead atoms. The largest absolute Gasteiger partial charge is 0.493 e. The Morgan fingerprint density at radius 3 is 2.83 bits per heavy atom. The standard InChI is InChI=1S/C15H21NO2/c1-4-6-16-7-5-12-10-18-15-13(12)8-11(2)9-14(15)17-3/h8-10,16H,4-7H2,1-3H3. The molecule has 1 aromatic carbocycles. The molecule has 0 aliphatic carbocycles. The smallest absolute Gasteiger partial charge is 0.175 e. The maximum Gasteiger partial charge on any atom is 0.175 e. The molecule has 0 aliphatic heterocycles. The number of nitrogens with one attached hydrogen (secondary N) is 1. The number of methoxy groups -OCH3 is 1. The van der Waals surface area contributed by atoms with Gasteiger partial charge in [0.05, 0.1) is 13.4 Å². The first-order chi connectivity index (χ1) is 8.76. The minimum Gasteiger partial charge on any atom is -0.493 e. The number of fused-ring (bicyclic) bond motifs is 1. The van der Waals surface area contributed by atoms with Crippen LogP contribution in [-0.2, 0) is 6.42 Å². The van der Waals surface area contributed by atoms with Crippen molar-refractivity contribution >= 4 is 11.0 Å². The highest BCUT2D eigenvalue weighted by Gasteiger charge is 2.11. The average Bonchev–Trinajstić information content (AvgIpc) is 2.77. The molecule has 0 saturated heterocycles. The van der Waals surface area contributed by atoms with Crippen LogP contribution in [0.1, 0.15) is 24.5 Å². The lowest BCUT2D eigenvalue weighted by atomic mass is 10.1. The van der Waals surface area contributed by atoms with Gasteiger partial charge in [0.2, 0.25) is 0 Å². The number of benzene rings is 1. The Balaban J connectivity index is 2.21. The molecule has 1 heterocycles. The highest BCUT2D eigenvalue weighted by molar-refractivity contribution is 5.87. The predicted octanol–water partition coefficient (Wildman–Crippen LogP) is 3.29. The zero-order valence-electron chi connectivity index (χ0n) is 11.4. The normalized spacial score (nSPS) is 11.1. The Labute approximate surface area is 108 Å². The molecule has 0 radical (unpaired) electrons. The van der Waals surface area contributed by atoms with Gasteiger partial charge in [-0.2, -0.15) is 0 Å². The van der Waals surface area contributed by atoms with Crippen molar-refractivity contribution in [2.45, 2.75) is 26.7 Å². The van der Waals surface area contributed by atoms with E-state index < -0.39 is 0 Å². The molecule has 1 aromatic heterocycles. The summed E-state index contributed by atoms with van der Waals surface area (Å²) in [7, 11) is 1.68. The van der Waals surface area contributed by atoms with E-state index in [2.05, 4.69) is 25.2 Å². The summed E-state index contributed by atoms with van der Waals surface area (Å²) in [6.07, 6.45) is 4.00. The molecule has 18 heavy (non-hydrogen) atoms. The summed E-state index contributed by atoms with van der Waals surface area (Å²) in [5.41, 5.74) is 3.30. The van der Waals surface area contributed by atoms with Crippen LogP contribution in [0.25, 0.3) is 11.0 Å². The molecule has 0 fully saturated rings. The minimum absolute atomic E-state index is 0.817. The highest BCUT2D eigenvalue weighted by Crippen LogP contribution is 2.31. The second kappa shape index (κ2) is 5.91. The van der Waals surface area contributed by atoms with Gasteiger partial charge in [0.1, 0.15) is 0 Å². The van der Waals surface area contributed by atoms with Crippen molar-refractivity contribution in [3.05, 3.63) is 29.5 Å². The molecule has 0 amide bonds. The van der Waals surface area contributed by atoms with Crippen LogP contribution < -0.4 is 10.1 Å². The molecule has 0 unspecified atom stereocenters. The molecular weight excluding hydrogens is 226 g/mol. The van der Waals surface area contributed by atoms with E-state index in [0.717, 1.165) is 30.8 Å². The van der Waals surface area contributed by atoms with Gasteiger partial charge in [-0.1, -0.05) is 6.92 Å². The van der Waals surface area contributed by atoms with Crippen molar-refractivity contribution in [3.63, 3.8) is 0 Å². The van der Waals surface area contributed by atoms with Crippen LogP contribution in [-0.4, -0.2) is 20.2 Å². The first-order valence-electron chi connectivity index (χ1n) is 6.51. The van der Waals surface area contributed by atoms with Crippen molar-refractivity contribution in [2.75, 3.05) is 20.2 Å². The number of hydrogen-bond acceptors (Lipinski definition) is 3. The molecule has 0 saturated carbocycles. The van der Waals surface area contributed by atoms with Gasteiger partial charge in [-0.25, -0.2) is 0 Å². The van der Waals surface area contributed by atoms with Crippen LogP contribution in [0.15, 0.2) is 22.8 Å². The van der Waals surface area contributed by atoms with Crippen molar-refractivity contribution < 1.29 is 9.15 Å². The molecule has 3 heteroatoms. The lowest BCUT2D eigenvalue weighted by Gasteiger charge is -2.04. The fourth-order valence-corrected chi connectivity index (χ4v) is 2.16. The van der Waals surface area contributed by atoms with E-state index in [1.165, 1.54) is 22.9 Å². The van der Waals surface area contributed by atoms with E-state index in [1.54, 1.807) is 7.11 Å². The van der Waals surface area contributed by atoms with Crippen LogP contribution in [0.4, 0.5) is 0 Å². The van der Waals surface area contributed by atoms with Gasteiger partial charge in [-0.15, -0.1) is 0 Å². The van der Waals surface area contributed by atoms with Crippen LogP contribution in [0.3, 0.4) is 0 Å². The Morgan fingerprint density at radius 2 is 2.11 bits per heavy atom. The van der Waals surface area contributed by atoms with E-state index in [1.807, 2.05) is 12.3 Å². The maximum absolute atomic E-state index is 5.63. The van der Waals surface area contributed by atoms with Gasteiger partial charge in [0.15, 0.2) is 11.3 Å². The topological polar surface area (TPSA) is 34.4 Å². The van der Waals surface area contributed by atoms with Gasteiger partial charge in [-0.05, 0) is 56.1 Å². The van der Waals surface area contributed by atoms with Gasteiger partial charge < -0.3 is 14.5 Å². The van der Waals surface area contributed by atoms with Crippen molar-refractivity contribution in [1.29, 1.82) is 0 Å². The van der Waals surface area contributed by atoms with Gasteiger partial charge in [-0.3, -0.25) is 0 Å². The zero-order chi connectivity index (χ0) is 13.0. The van der Waals surface area contributed by atoms with Crippen molar-refractivity contribution in [3.8, 4) is 5.75 Å². The summed E-state index contributed by atoms with van der Waals surface area (Å²) in [6.45, 7) is 6.30. The third kappa shape index (κ3) is 2.67. The van der Waals surface area contributed by atoms with Gasteiger partial charge >= 0.3 is 0 Å². The fourth-order valence-electron chi connectivity index (χ4n) is 2.16. The Bertz CT molecular complexity index is 516. The van der Waals surface area contributed by atoms with Crippen molar-refractivity contribution in [2.24, 2.45) is 0 Å². The Hall–Kier alpha value is -1.48. The SMILES string of the molecule is CCCNCCc1coc2c(OC)cc(C)cc12. The van der Waals surface area contributed by atoms with Crippen LogP contribution >= 0.6 is 0 Å². The highest BCUT2D eigenvalue weighted by atomic mass is 16.5. The van der Waals surface area contributed by atoms with E-state index in [9.17, 15) is 0 Å². The summed E-state index contributed by atoms with van der Waals surface area (Å²) >= 11 is 0. The molecule has 98 valence electrons. The maximum atomic E-state index is 5.63. The van der Waals surface area contributed by atoms with E-state index in [-0.39, 0.29) is 0 Å². The molecular formula is C15H21NO2. The van der Waals surface area contributed by atoms with Gasteiger partial charge in [0, 0.05) is 5.39 Å². The van der Waals surface area contributed by atoms with Crippen LogP contribution in [0, 0.1) is 6.92 Å². The molecule has 3 nitrogen and oxygen atoms in total. The first-order valence-corrected chi connectivity index (χ1v) is 6.51.